The Labute approximate surface area is 228 Å². The summed E-state index contributed by atoms with van der Waals surface area (Å²) in [5.41, 5.74) is 2.11. The van der Waals surface area contributed by atoms with Gasteiger partial charge in [-0.3, -0.25) is 19.3 Å². The Morgan fingerprint density at radius 3 is 2.72 bits per heavy atom. The first-order valence-corrected chi connectivity index (χ1v) is 13.1. The second kappa shape index (κ2) is 10.8. The number of anilines is 1. The highest BCUT2D eigenvalue weighted by Crippen LogP contribution is 2.39. The molecule has 0 unspecified atom stereocenters. The zero-order valence-electron chi connectivity index (χ0n) is 21.4. The number of hydrogen-bond acceptors (Lipinski definition) is 4. The SMILES string of the molecule is C[C@@H]1CCC[C@H](N2CCC(c3c(C(F)F)ccc(Cl)c3F)=CC2=O)c2cc(ccn2)-c2c(cnn2C)NC1=O. The molecule has 2 atom stereocenters. The second-order valence-corrected chi connectivity index (χ2v) is 10.3. The van der Waals surface area contributed by atoms with Crippen LogP contribution in [0, 0.1) is 11.7 Å². The van der Waals surface area contributed by atoms with Gasteiger partial charge in [-0.1, -0.05) is 31.0 Å². The van der Waals surface area contributed by atoms with E-state index in [1.165, 1.54) is 6.08 Å². The predicted octanol–water partition coefficient (Wildman–Crippen LogP) is 6.33. The minimum atomic E-state index is -2.92. The minimum absolute atomic E-state index is 0.115. The Bertz CT molecular complexity index is 1470. The molecule has 2 amide bonds. The molecule has 0 spiro atoms. The van der Waals surface area contributed by atoms with E-state index in [2.05, 4.69) is 15.4 Å². The van der Waals surface area contributed by atoms with E-state index in [1.54, 1.807) is 29.0 Å². The van der Waals surface area contributed by atoms with Crippen LogP contribution in [0.2, 0.25) is 5.02 Å². The zero-order valence-corrected chi connectivity index (χ0v) is 22.2. The maximum Gasteiger partial charge on any atom is 0.264 e. The zero-order chi connectivity index (χ0) is 27.8. The van der Waals surface area contributed by atoms with Crippen molar-refractivity contribution >= 4 is 34.7 Å². The fraction of sp³-hybridized carbons (Fsp3) is 0.357. The molecule has 0 aliphatic carbocycles. The summed E-state index contributed by atoms with van der Waals surface area (Å²) in [6.45, 7) is 2.04. The molecular weight excluding hydrogens is 531 g/mol. The van der Waals surface area contributed by atoms with Crippen LogP contribution in [0.15, 0.2) is 42.7 Å². The molecule has 204 valence electrons. The second-order valence-electron chi connectivity index (χ2n) is 9.91. The summed E-state index contributed by atoms with van der Waals surface area (Å²) < 4.78 is 43.9. The van der Waals surface area contributed by atoms with Crippen molar-refractivity contribution < 1.29 is 22.8 Å². The Hall–Kier alpha value is -3.66. The van der Waals surface area contributed by atoms with Crippen LogP contribution in [0.3, 0.4) is 0 Å². The molecule has 7 nitrogen and oxygen atoms in total. The number of amides is 2. The van der Waals surface area contributed by atoms with Gasteiger partial charge in [0, 0.05) is 48.5 Å². The third-order valence-corrected chi connectivity index (χ3v) is 7.71. The number of halogens is 4. The van der Waals surface area contributed by atoms with Crippen molar-refractivity contribution in [1.29, 1.82) is 0 Å². The Balaban J connectivity index is 1.53. The van der Waals surface area contributed by atoms with Gasteiger partial charge < -0.3 is 10.2 Å². The molecule has 0 saturated carbocycles. The molecule has 4 heterocycles. The van der Waals surface area contributed by atoms with Crippen molar-refractivity contribution in [1.82, 2.24) is 19.7 Å². The molecule has 2 aliphatic heterocycles. The van der Waals surface area contributed by atoms with E-state index < -0.39 is 29.8 Å². The van der Waals surface area contributed by atoms with Gasteiger partial charge in [0.25, 0.3) is 6.43 Å². The minimum Gasteiger partial charge on any atom is -0.330 e. The normalized spacial score (nSPS) is 20.2. The van der Waals surface area contributed by atoms with E-state index in [-0.39, 0.29) is 40.9 Å². The molecule has 5 rings (SSSR count). The first-order chi connectivity index (χ1) is 18.7. The molecular formula is C28H27ClF3N5O2. The van der Waals surface area contributed by atoms with Crippen LogP contribution >= 0.6 is 11.6 Å². The van der Waals surface area contributed by atoms with Crippen molar-refractivity contribution in [3.63, 3.8) is 0 Å². The molecule has 39 heavy (non-hydrogen) atoms. The van der Waals surface area contributed by atoms with Gasteiger partial charge in [0.2, 0.25) is 11.8 Å². The number of pyridine rings is 1. The lowest BCUT2D eigenvalue weighted by Crippen LogP contribution is -2.38. The molecule has 2 aromatic heterocycles. The third kappa shape index (κ3) is 5.17. The number of carbonyl (C=O) groups is 2. The van der Waals surface area contributed by atoms with E-state index in [9.17, 15) is 22.8 Å². The van der Waals surface area contributed by atoms with Gasteiger partial charge in [-0.15, -0.1) is 0 Å². The summed E-state index contributed by atoms with van der Waals surface area (Å²) >= 11 is 5.90. The Kier molecular flexibility index (Phi) is 7.48. The van der Waals surface area contributed by atoms with Gasteiger partial charge in [-0.25, -0.2) is 13.2 Å². The topological polar surface area (TPSA) is 80.1 Å². The summed E-state index contributed by atoms with van der Waals surface area (Å²) in [7, 11) is 1.78. The lowest BCUT2D eigenvalue weighted by molar-refractivity contribution is -0.129. The number of hydrogen-bond donors (Lipinski definition) is 1. The van der Waals surface area contributed by atoms with E-state index in [1.807, 2.05) is 19.1 Å². The van der Waals surface area contributed by atoms with Crippen LogP contribution < -0.4 is 5.32 Å². The van der Waals surface area contributed by atoms with Crippen LogP contribution in [0.25, 0.3) is 16.8 Å². The molecule has 0 fully saturated rings. The van der Waals surface area contributed by atoms with Crippen LogP contribution in [-0.4, -0.2) is 38.0 Å². The summed E-state index contributed by atoms with van der Waals surface area (Å²) in [4.78, 5) is 32.5. The van der Waals surface area contributed by atoms with E-state index in [0.717, 1.165) is 17.7 Å². The number of aryl methyl sites for hydroxylation is 1. The smallest absolute Gasteiger partial charge is 0.264 e. The van der Waals surface area contributed by atoms with Crippen molar-refractivity contribution in [3.8, 4) is 11.3 Å². The highest BCUT2D eigenvalue weighted by molar-refractivity contribution is 6.31. The lowest BCUT2D eigenvalue weighted by atomic mass is 9.91. The van der Waals surface area contributed by atoms with Crippen LogP contribution in [-0.2, 0) is 16.6 Å². The first kappa shape index (κ1) is 26.9. The van der Waals surface area contributed by atoms with Crippen LogP contribution in [0.4, 0.5) is 18.9 Å². The molecule has 0 radical (unpaired) electrons. The molecule has 0 saturated heterocycles. The number of nitrogens with zero attached hydrogens (tertiary/aromatic N) is 4. The van der Waals surface area contributed by atoms with Gasteiger partial charge in [-0.2, -0.15) is 5.10 Å². The van der Waals surface area contributed by atoms with E-state index in [0.29, 0.717) is 36.3 Å². The van der Waals surface area contributed by atoms with Crippen molar-refractivity contribution in [3.05, 3.63) is 70.4 Å². The quantitative estimate of drug-likeness (QED) is 0.408. The van der Waals surface area contributed by atoms with Gasteiger partial charge in [0.1, 0.15) is 5.82 Å². The van der Waals surface area contributed by atoms with Crippen molar-refractivity contribution in [2.45, 2.75) is 45.1 Å². The molecule has 11 heteroatoms. The van der Waals surface area contributed by atoms with Crippen molar-refractivity contribution in [2.75, 3.05) is 11.9 Å². The third-order valence-electron chi connectivity index (χ3n) is 7.42. The molecule has 2 aliphatic rings. The number of aromatic nitrogens is 3. The maximum atomic E-state index is 14.9. The average Bonchev–Trinajstić information content (AvgIpc) is 3.27. The summed E-state index contributed by atoms with van der Waals surface area (Å²) in [5.74, 6) is -1.77. The van der Waals surface area contributed by atoms with E-state index in [4.69, 9.17) is 11.6 Å². The number of rotatable bonds is 3. The fourth-order valence-corrected chi connectivity index (χ4v) is 5.51. The first-order valence-electron chi connectivity index (χ1n) is 12.7. The number of carbonyl (C=O) groups excluding carboxylic acids is 2. The Morgan fingerprint density at radius 1 is 1.18 bits per heavy atom. The summed E-state index contributed by atoms with van der Waals surface area (Å²) in [6.07, 6.45) is 3.49. The molecule has 3 aromatic rings. The standard InChI is InChI=1S/C28H27ClF3N5O2/c1-15-4-3-5-22(20-12-17(8-10-33-20)26-21(35-28(15)39)14-34-36(26)2)37-11-9-16(13-23(37)38)24-18(27(31)32)6-7-19(29)25(24)30/h6-8,10,12-15,22,27H,3-5,9,11H2,1-2H3,(H,35,39)/t15-,22+/m1/s1. The summed E-state index contributed by atoms with van der Waals surface area (Å²) in [6, 6.07) is 5.44. The monoisotopic (exact) mass is 557 g/mol. The lowest BCUT2D eigenvalue weighted by Gasteiger charge is -2.35. The van der Waals surface area contributed by atoms with E-state index >= 15 is 0 Å². The highest BCUT2D eigenvalue weighted by Gasteiger charge is 2.32. The van der Waals surface area contributed by atoms with Gasteiger partial charge in [0.15, 0.2) is 0 Å². The van der Waals surface area contributed by atoms with Gasteiger partial charge >= 0.3 is 0 Å². The van der Waals surface area contributed by atoms with Gasteiger partial charge in [0.05, 0.1) is 34.3 Å². The Morgan fingerprint density at radius 2 is 1.97 bits per heavy atom. The number of nitrogens with one attached hydrogen (secondary N) is 1. The van der Waals surface area contributed by atoms with Crippen LogP contribution in [0.5, 0.6) is 0 Å². The molecule has 1 N–H and O–H groups in total. The average molecular weight is 558 g/mol. The number of alkyl halides is 2. The molecule has 1 aromatic carbocycles. The number of benzene rings is 1. The molecule has 2 bridgehead atoms. The van der Waals surface area contributed by atoms with Crippen molar-refractivity contribution in [2.24, 2.45) is 13.0 Å². The maximum absolute atomic E-state index is 14.9. The summed E-state index contributed by atoms with van der Waals surface area (Å²) in [5, 5.41) is 7.00. The van der Waals surface area contributed by atoms with Gasteiger partial charge in [-0.05, 0) is 43.0 Å². The number of fused-ring (bicyclic) bond motifs is 4. The predicted molar refractivity (Wildman–Crippen MR) is 141 cm³/mol. The largest absolute Gasteiger partial charge is 0.330 e. The highest BCUT2D eigenvalue weighted by atomic mass is 35.5. The van der Waals surface area contributed by atoms with Crippen LogP contribution in [0.1, 0.15) is 61.9 Å². The fourth-order valence-electron chi connectivity index (χ4n) is 5.35.